The third kappa shape index (κ3) is 3.15. The molecule has 3 fully saturated rings. The van der Waals surface area contributed by atoms with Crippen molar-refractivity contribution in [2.75, 3.05) is 0 Å². The van der Waals surface area contributed by atoms with Gasteiger partial charge in [0, 0.05) is 30.3 Å². The van der Waals surface area contributed by atoms with E-state index < -0.39 is 8.32 Å². The molecule has 162 valence electrons. The standard InChI is InChI=1S/C25H40O3Si/c1-23(2,3)29(6,7)28-17-12-13-24(4)16(14-17)8-9-18-19-10-11-21(27)25(19,5)15-20(26)22(18)24/h8,17-19,22H,9-15H2,1-7H3/t17-,18-,19-,22+,24-,25-/m0/s1. The Bertz CT molecular complexity index is 761. The van der Waals surface area contributed by atoms with Crippen LogP contribution >= 0.6 is 0 Å². The maximum Gasteiger partial charge on any atom is 0.192 e. The van der Waals surface area contributed by atoms with Gasteiger partial charge in [-0.3, -0.25) is 9.59 Å². The molecule has 0 saturated heterocycles. The molecule has 4 aliphatic rings. The summed E-state index contributed by atoms with van der Waals surface area (Å²) in [5, 5.41) is 0.221. The molecule has 4 rings (SSSR count). The van der Waals surface area contributed by atoms with Crippen molar-refractivity contribution >= 4 is 19.9 Å². The highest BCUT2D eigenvalue weighted by molar-refractivity contribution is 6.74. The summed E-state index contributed by atoms with van der Waals surface area (Å²) < 4.78 is 6.77. The first-order valence-corrected chi connectivity index (χ1v) is 14.6. The second-order valence-corrected chi connectivity index (χ2v) is 17.2. The average molecular weight is 417 g/mol. The first kappa shape index (κ1) is 21.5. The Kier molecular flexibility index (Phi) is 4.91. The Morgan fingerprint density at radius 3 is 2.45 bits per heavy atom. The molecule has 6 atom stereocenters. The summed E-state index contributed by atoms with van der Waals surface area (Å²) in [7, 11) is -1.79. The third-order valence-electron chi connectivity index (χ3n) is 9.73. The lowest BCUT2D eigenvalue weighted by atomic mass is 9.47. The third-order valence-corrected chi connectivity index (χ3v) is 14.3. The molecule has 4 aliphatic carbocycles. The molecule has 0 aromatic carbocycles. The lowest BCUT2D eigenvalue weighted by Crippen LogP contribution is -2.55. The molecular weight excluding hydrogens is 376 g/mol. The van der Waals surface area contributed by atoms with E-state index in [1.165, 1.54) is 5.57 Å². The van der Waals surface area contributed by atoms with Gasteiger partial charge >= 0.3 is 0 Å². The highest BCUT2D eigenvalue weighted by atomic mass is 28.4. The number of hydrogen-bond donors (Lipinski definition) is 0. The van der Waals surface area contributed by atoms with Gasteiger partial charge < -0.3 is 4.43 Å². The van der Waals surface area contributed by atoms with Gasteiger partial charge in [-0.05, 0) is 67.5 Å². The van der Waals surface area contributed by atoms with E-state index >= 15 is 0 Å². The molecule has 29 heavy (non-hydrogen) atoms. The van der Waals surface area contributed by atoms with E-state index in [-0.39, 0.29) is 21.8 Å². The van der Waals surface area contributed by atoms with Crippen molar-refractivity contribution in [1.29, 1.82) is 0 Å². The fourth-order valence-electron chi connectivity index (χ4n) is 6.93. The van der Waals surface area contributed by atoms with E-state index in [9.17, 15) is 9.59 Å². The second-order valence-electron chi connectivity index (χ2n) is 12.4. The number of Topliss-reactive ketones (excluding diaryl/α,β-unsaturated/α-hetero) is 2. The molecular formula is C25H40O3Si. The Morgan fingerprint density at radius 2 is 1.79 bits per heavy atom. The highest BCUT2D eigenvalue weighted by Gasteiger charge is 2.62. The topological polar surface area (TPSA) is 43.4 Å². The van der Waals surface area contributed by atoms with Crippen molar-refractivity contribution in [3.63, 3.8) is 0 Å². The van der Waals surface area contributed by atoms with Crippen LogP contribution in [0.3, 0.4) is 0 Å². The number of carbonyl (C=O) groups excluding carboxylic acids is 2. The maximum atomic E-state index is 13.4. The minimum Gasteiger partial charge on any atom is -0.414 e. The van der Waals surface area contributed by atoms with Gasteiger partial charge in [-0.2, -0.15) is 0 Å². The van der Waals surface area contributed by atoms with E-state index in [0.29, 0.717) is 42.3 Å². The van der Waals surface area contributed by atoms with E-state index in [1.54, 1.807) is 0 Å². The Labute approximate surface area is 178 Å². The van der Waals surface area contributed by atoms with Crippen LogP contribution in [0.25, 0.3) is 0 Å². The summed E-state index contributed by atoms with van der Waals surface area (Å²) in [5.74, 6) is 1.56. The van der Waals surface area contributed by atoms with E-state index in [2.05, 4.69) is 53.8 Å². The van der Waals surface area contributed by atoms with E-state index in [4.69, 9.17) is 4.43 Å². The van der Waals surface area contributed by atoms with Crippen molar-refractivity contribution in [3.8, 4) is 0 Å². The highest BCUT2D eigenvalue weighted by Crippen LogP contribution is 2.63. The van der Waals surface area contributed by atoms with Crippen LogP contribution in [0.1, 0.15) is 79.6 Å². The van der Waals surface area contributed by atoms with Crippen molar-refractivity contribution in [3.05, 3.63) is 11.6 Å². The summed E-state index contributed by atoms with van der Waals surface area (Å²) in [6, 6.07) is 0. The van der Waals surface area contributed by atoms with Crippen molar-refractivity contribution in [2.45, 2.75) is 104 Å². The Balaban J connectivity index is 1.58. The summed E-state index contributed by atoms with van der Waals surface area (Å²) in [6.45, 7) is 16.0. The van der Waals surface area contributed by atoms with Crippen LogP contribution in [-0.2, 0) is 14.0 Å². The smallest absolute Gasteiger partial charge is 0.192 e. The van der Waals surface area contributed by atoms with Crippen LogP contribution < -0.4 is 0 Å². The predicted molar refractivity (Wildman–Crippen MR) is 119 cm³/mol. The van der Waals surface area contributed by atoms with Crippen LogP contribution in [0.15, 0.2) is 11.6 Å². The summed E-state index contributed by atoms with van der Waals surface area (Å²) in [5.41, 5.74) is 1.05. The fourth-order valence-corrected chi connectivity index (χ4v) is 8.32. The van der Waals surface area contributed by atoms with Crippen molar-refractivity contribution in [2.24, 2.45) is 28.6 Å². The Hall–Kier alpha value is -0.743. The first-order valence-electron chi connectivity index (χ1n) is 11.7. The minimum atomic E-state index is -1.79. The zero-order chi connectivity index (χ0) is 21.4. The lowest BCUT2D eigenvalue weighted by Gasteiger charge is -2.56. The quantitative estimate of drug-likeness (QED) is 0.404. The first-order chi connectivity index (χ1) is 13.3. The van der Waals surface area contributed by atoms with E-state index in [1.807, 2.05) is 0 Å². The van der Waals surface area contributed by atoms with Crippen molar-refractivity contribution < 1.29 is 14.0 Å². The zero-order valence-electron chi connectivity index (χ0n) is 19.6. The maximum absolute atomic E-state index is 13.4. The predicted octanol–water partition coefficient (Wildman–Crippen LogP) is 6.09. The van der Waals surface area contributed by atoms with Crippen LogP contribution in [0.2, 0.25) is 18.1 Å². The molecule has 4 heteroatoms. The molecule has 0 aromatic heterocycles. The van der Waals surface area contributed by atoms with Gasteiger partial charge in [0.1, 0.15) is 11.6 Å². The molecule has 0 aliphatic heterocycles. The number of allylic oxidation sites excluding steroid dienone is 1. The molecule has 0 amide bonds. The van der Waals surface area contributed by atoms with Crippen molar-refractivity contribution in [1.82, 2.24) is 0 Å². The molecule has 0 bridgehead atoms. The molecule has 0 radical (unpaired) electrons. The van der Waals surface area contributed by atoms with Crippen LogP contribution in [0.5, 0.6) is 0 Å². The van der Waals surface area contributed by atoms with Crippen LogP contribution in [-0.4, -0.2) is 26.0 Å². The molecule has 0 spiro atoms. The van der Waals surface area contributed by atoms with Crippen LogP contribution in [0, 0.1) is 28.6 Å². The number of fused-ring (bicyclic) bond motifs is 5. The molecule has 0 heterocycles. The molecule has 3 saturated carbocycles. The molecule has 0 unspecified atom stereocenters. The van der Waals surface area contributed by atoms with Gasteiger partial charge in [0.2, 0.25) is 0 Å². The van der Waals surface area contributed by atoms with Gasteiger partial charge in [-0.15, -0.1) is 0 Å². The normalized spacial score (nSPS) is 42.8. The molecule has 3 nitrogen and oxygen atoms in total. The zero-order valence-corrected chi connectivity index (χ0v) is 20.6. The van der Waals surface area contributed by atoms with Gasteiger partial charge in [0.15, 0.2) is 8.32 Å². The Morgan fingerprint density at radius 1 is 1.10 bits per heavy atom. The summed E-state index contributed by atoms with van der Waals surface area (Å²) >= 11 is 0. The minimum absolute atomic E-state index is 0.0275. The molecule has 0 N–H and O–H groups in total. The van der Waals surface area contributed by atoms with Gasteiger partial charge in [0.05, 0.1) is 0 Å². The number of ketones is 2. The number of hydrogen-bond acceptors (Lipinski definition) is 3. The molecule has 0 aromatic rings. The van der Waals surface area contributed by atoms with Gasteiger partial charge in [-0.1, -0.05) is 46.3 Å². The van der Waals surface area contributed by atoms with E-state index in [0.717, 1.165) is 32.1 Å². The number of rotatable bonds is 2. The lowest BCUT2D eigenvalue weighted by molar-refractivity contribution is -0.148. The SMILES string of the molecule is CC(C)(C)[Si](C)(C)O[C@H]1CC[C@@]2(C)C(=CC[C@@H]3[C@@H]2C(=O)C[C@]2(C)C(=O)CC[C@@H]32)C1. The fraction of sp³-hybridized carbons (Fsp3) is 0.840. The van der Waals surface area contributed by atoms with Gasteiger partial charge in [0.25, 0.3) is 0 Å². The monoisotopic (exact) mass is 416 g/mol. The summed E-state index contributed by atoms with van der Waals surface area (Å²) in [6.07, 6.45) is 8.94. The largest absolute Gasteiger partial charge is 0.414 e. The van der Waals surface area contributed by atoms with Gasteiger partial charge in [-0.25, -0.2) is 0 Å². The summed E-state index contributed by atoms with van der Waals surface area (Å²) in [4.78, 5) is 26.0. The average Bonchev–Trinajstić information content (AvgIpc) is 2.88. The van der Waals surface area contributed by atoms with Crippen LogP contribution in [0.4, 0.5) is 0 Å². The second kappa shape index (κ2) is 6.63. The number of carbonyl (C=O) groups is 2.